The third-order valence-corrected chi connectivity index (χ3v) is 5.90. The van der Waals surface area contributed by atoms with E-state index < -0.39 is 9.84 Å². The van der Waals surface area contributed by atoms with Gasteiger partial charge < -0.3 is 10.6 Å². The Balaban J connectivity index is 2.90. The molecular weight excluding hydrogens is 250 g/mol. The average Bonchev–Trinajstić information content (AvgIpc) is 2.70. The third kappa shape index (κ3) is 3.23. The minimum Gasteiger partial charge on any atom is -0.329 e. The van der Waals surface area contributed by atoms with Gasteiger partial charge in [-0.2, -0.15) is 0 Å². The van der Waals surface area contributed by atoms with Gasteiger partial charge in [0, 0.05) is 31.4 Å². The maximum Gasteiger partial charge on any atom is 0.152 e. The molecule has 0 radical (unpaired) electrons. The van der Waals surface area contributed by atoms with Crippen molar-refractivity contribution in [2.24, 2.45) is 5.73 Å². The van der Waals surface area contributed by atoms with Crippen LogP contribution in [0.3, 0.4) is 0 Å². The van der Waals surface area contributed by atoms with Crippen LogP contribution in [0.5, 0.6) is 0 Å². The van der Waals surface area contributed by atoms with Crippen molar-refractivity contribution in [1.82, 2.24) is 9.80 Å². The molecule has 0 aliphatic heterocycles. The first kappa shape index (κ1) is 15.9. The topological polar surface area (TPSA) is 66.6 Å². The van der Waals surface area contributed by atoms with E-state index in [1.807, 2.05) is 21.1 Å². The van der Waals surface area contributed by atoms with Crippen LogP contribution in [0.2, 0.25) is 0 Å². The van der Waals surface area contributed by atoms with E-state index in [0.29, 0.717) is 6.54 Å². The SMILES string of the molecule is CN(C)CCN(C)C1(CN)CCCC1S(C)(=O)=O. The molecule has 2 N–H and O–H groups in total. The third-order valence-electron chi connectivity index (χ3n) is 4.19. The maximum absolute atomic E-state index is 12.0. The van der Waals surface area contributed by atoms with Gasteiger partial charge in [-0.05, 0) is 34.0 Å². The molecular formula is C12H27N3O2S. The molecule has 0 aromatic carbocycles. The second-order valence-corrected chi connectivity index (χ2v) is 7.97. The Kier molecular flexibility index (Phi) is 5.17. The Morgan fingerprint density at radius 3 is 2.33 bits per heavy atom. The van der Waals surface area contributed by atoms with Crippen molar-refractivity contribution in [2.45, 2.75) is 30.1 Å². The molecule has 108 valence electrons. The number of hydrogen-bond donors (Lipinski definition) is 1. The molecule has 2 atom stereocenters. The Hall–Kier alpha value is -0.170. The summed E-state index contributed by atoms with van der Waals surface area (Å²) in [5.41, 5.74) is 5.57. The van der Waals surface area contributed by atoms with Crippen LogP contribution in [0, 0.1) is 0 Å². The first-order valence-corrected chi connectivity index (χ1v) is 8.44. The van der Waals surface area contributed by atoms with Crippen molar-refractivity contribution in [3.05, 3.63) is 0 Å². The fourth-order valence-corrected chi connectivity index (χ4v) is 4.82. The molecule has 0 heterocycles. The van der Waals surface area contributed by atoms with Crippen LogP contribution in [0.4, 0.5) is 0 Å². The van der Waals surface area contributed by atoms with Gasteiger partial charge >= 0.3 is 0 Å². The van der Waals surface area contributed by atoms with Gasteiger partial charge in [-0.3, -0.25) is 4.90 Å². The number of sulfone groups is 1. The Morgan fingerprint density at radius 1 is 1.28 bits per heavy atom. The zero-order valence-electron chi connectivity index (χ0n) is 12.0. The van der Waals surface area contributed by atoms with Gasteiger partial charge in [0.15, 0.2) is 9.84 Å². The first-order valence-electron chi connectivity index (χ1n) is 6.49. The van der Waals surface area contributed by atoms with Gasteiger partial charge in [-0.25, -0.2) is 8.42 Å². The summed E-state index contributed by atoms with van der Waals surface area (Å²) in [4.78, 5) is 4.26. The lowest BCUT2D eigenvalue weighted by Gasteiger charge is -2.42. The minimum atomic E-state index is -3.04. The summed E-state index contributed by atoms with van der Waals surface area (Å²) < 4.78 is 23.9. The van der Waals surface area contributed by atoms with Crippen LogP contribution in [-0.2, 0) is 9.84 Å². The number of rotatable bonds is 6. The van der Waals surface area contributed by atoms with E-state index in [0.717, 1.165) is 32.4 Å². The van der Waals surface area contributed by atoms with Crippen molar-refractivity contribution in [3.8, 4) is 0 Å². The van der Waals surface area contributed by atoms with Crippen molar-refractivity contribution in [2.75, 3.05) is 47.0 Å². The lowest BCUT2D eigenvalue weighted by atomic mass is 9.95. The molecule has 0 aromatic rings. The van der Waals surface area contributed by atoms with E-state index in [4.69, 9.17) is 5.73 Å². The summed E-state index contributed by atoms with van der Waals surface area (Å²) in [5.74, 6) is 0. The average molecular weight is 277 g/mol. The summed E-state index contributed by atoms with van der Waals surface area (Å²) >= 11 is 0. The zero-order valence-corrected chi connectivity index (χ0v) is 12.8. The molecule has 1 fully saturated rings. The van der Waals surface area contributed by atoms with E-state index in [-0.39, 0.29) is 10.8 Å². The molecule has 1 aliphatic carbocycles. The van der Waals surface area contributed by atoms with Gasteiger partial charge in [0.2, 0.25) is 0 Å². The quantitative estimate of drug-likeness (QED) is 0.727. The van der Waals surface area contributed by atoms with Gasteiger partial charge in [-0.15, -0.1) is 0 Å². The van der Waals surface area contributed by atoms with Crippen LogP contribution in [0.15, 0.2) is 0 Å². The molecule has 6 heteroatoms. The second kappa shape index (κ2) is 5.86. The summed E-state index contributed by atoms with van der Waals surface area (Å²) in [5, 5.41) is -0.317. The molecule has 0 saturated heterocycles. The summed E-state index contributed by atoms with van der Waals surface area (Å²) in [7, 11) is 3.00. The van der Waals surface area contributed by atoms with Gasteiger partial charge in [0.05, 0.1) is 5.25 Å². The monoisotopic (exact) mass is 277 g/mol. The Labute approximate surface area is 111 Å². The van der Waals surface area contributed by atoms with Gasteiger partial charge in [0.25, 0.3) is 0 Å². The lowest BCUT2D eigenvalue weighted by Crippen LogP contribution is -2.60. The maximum atomic E-state index is 12.0. The van der Waals surface area contributed by atoms with E-state index in [2.05, 4.69) is 9.80 Å². The van der Waals surface area contributed by atoms with Crippen LogP contribution >= 0.6 is 0 Å². The molecule has 18 heavy (non-hydrogen) atoms. The smallest absolute Gasteiger partial charge is 0.152 e. The number of hydrogen-bond acceptors (Lipinski definition) is 5. The molecule has 1 aliphatic rings. The fourth-order valence-electron chi connectivity index (χ4n) is 3.03. The van der Waals surface area contributed by atoms with Crippen LogP contribution in [-0.4, -0.2) is 76.0 Å². The zero-order chi connectivity index (χ0) is 14.0. The predicted octanol–water partition coefficient (Wildman–Crippen LogP) is -0.226. The van der Waals surface area contributed by atoms with E-state index >= 15 is 0 Å². The van der Waals surface area contributed by atoms with Crippen LogP contribution in [0.25, 0.3) is 0 Å². The van der Waals surface area contributed by atoms with Crippen LogP contribution < -0.4 is 5.73 Å². The van der Waals surface area contributed by atoms with Crippen LogP contribution in [0.1, 0.15) is 19.3 Å². The highest BCUT2D eigenvalue weighted by atomic mass is 32.2. The molecule has 0 bridgehead atoms. The lowest BCUT2D eigenvalue weighted by molar-refractivity contribution is 0.124. The molecule has 5 nitrogen and oxygen atoms in total. The van der Waals surface area contributed by atoms with Crippen molar-refractivity contribution in [3.63, 3.8) is 0 Å². The largest absolute Gasteiger partial charge is 0.329 e. The minimum absolute atomic E-state index is 0.317. The molecule has 0 aromatic heterocycles. The van der Waals surface area contributed by atoms with Crippen molar-refractivity contribution < 1.29 is 8.42 Å². The normalized spacial score (nSPS) is 29.4. The summed E-state index contributed by atoms with van der Waals surface area (Å²) in [6.45, 7) is 2.17. The Morgan fingerprint density at radius 2 is 1.89 bits per heavy atom. The van der Waals surface area contributed by atoms with Crippen molar-refractivity contribution >= 4 is 9.84 Å². The second-order valence-electron chi connectivity index (χ2n) is 5.74. The van der Waals surface area contributed by atoms with E-state index in [1.165, 1.54) is 6.26 Å². The number of likely N-dealkylation sites (N-methyl/N-ethyl adjacent to an activating group) is 2. The van der Waals surface area contributed by atoms with Crippen molar-refractivity contribution in [1.29, 1.82) is 0 Å². The summed E-state index contributed by atoms with van der Waals surface area (Å²) in [6.07, 6.45) is 3.90. The van der Waals surface area contributed by atoms with Gasteiger partial charge in [0.1, 0.15) is 0 Å². The molecule has 2 unspecified atom stereocenters. The predicted molar refractivity (Wildman–Crippen MR) is 75.5 cm³/mol. The highest BCUT2D eigenvalue weighted by Gasteiger charge is 2.49. The molecule has 1 rings (SSSR count). The molecule has 0 amide bonds. The van der Waals surface area contributed by atoms with E-state index in [9.17, 15) is 8.42 Å². The van der Waals surface area contributed by atoms with Gasteiger partial charge in [-0.1, -0.05) is 6.42 Å². The number of nitrogens with two attached hydrogens (primary N) is 1. The fraction of sp³-hybridized carbons (Fsp3) is 1.00. The highest BCUT2D eigenvalue weighted by Crippen LogP contribution is 2.38. The first-order chi connectivity index (χ1) is 8.24. The van der Waals surface area contributed by atoms with E-state index in [1.54, 1.807) is 0 Å². The Bertz CT molecular complexity index is 370. The number of nitrogens with zero attached hydrogens (tertiary/aromatic N) is 2. The highest BCUT2D eigenvalue weighted by molar-refractivity contribution is 7.91. The molecule has 1 saturated carbocycles. The molecule has 0 spiro atoms. The standard InChI is InChI=1S/C12H27N3O2S/c1-14(2)8-9-15(3)12(10-13)7-5-6-11(12)18(4,16)17/h11H,5-10,13H2,1-4H3. The summed E-state index contributed by atoms with van der Waals surface area (Å²) in [6, 6.07) is 0.